The Morgan fingerprint density at radius 3 is 2.52 bits per heavy atom. The van der Waals surface area contributed by atoms with E-state index < -0.39 is 35.1 Å². The summed E-state index contributed by atoms with van der Waals surface area (Å²) >= 11 is 1.48. The van der Waals surface area contributed by atoms with Crippen molar-refractivity contribution in [1.82, 2.24) is 0 Å². The first-order valence-corrected chi connectivity index (χ1v) is 9.37. The molecule has 2 aliphatic rings. The molecule has 4 atom stereocenters. The summed E-state index contributed by atoms with van der Waals surface area (Å²) in [5.41, 5.74) is -0.909. The quantitative estimate of drug-likeness (QED) is 0.633. The lowest BCUT2D eigenvalue weighted by atomic mass is 9.81. The van der Waals surface area contributed by atoms with Gasteiger partial charge in [-0.3, -0.25) is 9.59 Å². The second-order valence-corrected chi connectivity index (χ2v) is 7.95. The number of anilines is 1. The summed E-state index contributed by atoms with van der Waals surface area (Å²) in [5, 5.41) is 3.67. The zero-order valence-electron chi connectivity index (χ0n) is 14.7. The number of esters is 1. The SMILES string of the molecule is COC(=O)[C@]1(C)[NH2+][C@@H](c2cccs2)[C@H]2C(=O)N(c3ccc(F)cc3)C(=O)[C@@H]21. The number of methoxy groups -OCH3 is 1. The molecule has 0 radical (unpaired) electrons. The Morgan fingerprint density at radius 1 is 1.22 bits per heavy atom. The van der Waals surface area contributed by atoms with Crippen LogP contribution in [-0.4, -0.2) is 30.4 Å². The Bertz CT molecular complexity index is 914. The highest BCUT2D eigenvalue weighted by Crippen LogP contribution is 2.46. The van der Waals surface area contributed by atoms with Crippen molar-refractivity contribution in [3.05, 3.63) is 52.5 Å². The van der Waals surface area contributed by atoms with Crippen LogP contribution in [0.4, 0.5) is 10.1 Å². The van der Waals surface area contributed by atoms with Gasteiger partial charge in [-0.25, -0.2) is 14.1 Å². The summed E-state index contributed by atoms with van der Waals surface area (Å²) in [6.45, 7) is 1.64. The van der Waals surface area contributed by atoms with Crippen molar-refractivity contribution in [2.24, 2.45) is 11.8 Å². The van der Waals surface area contributed by atoms with E-state index >= 15 is 0 Å². The zero-order valence-corrected chi connectivity index (χ0v) is 15.5. The Hall–Kier alpha value is -2.58. The van der Waals surface area contributed by atoms with Crippen LogP contribution in [0.1, 0.15) is 17.8 Å². The molecule has 0 unspecified atom stereocenters. The lowest BCUT2D eigenvalue weighted by Gasteiger charge is -2.25. The van der Waals surface area contributed by atoms with Crippen LogP contribution in [-0.2, 0) is 19.1 Å². The molecule has 0 aliphatic carbocycles. The lowest BCUT2D eigenvalue weighted by molar-refractivity contribution is -0.730. The second-order valence-electron chi connectivity index (χ2n) is 6.97. The number of ether oxygens (including phenoxy) is 1. The maximum atomic E-state index is 13.3. The van der Waals surface area contributed by atoms with Crippen LogP contribution in [0.2, 0.25) is 0 Å². The number of halogens is 1. The fraction of sp³-hybridized carbons (Fsp3) is 0.316. The van der Waals surface area contributed by atoms with E-state index in [0.717, 1.165) is 9.78 Å². The number of thiophene rings is 1. The zero-order chi connectivity index (χ0) is 19.3. The number of carbonyl (C=O) groups is 3. The third-order valence-electron chi connectivity index (χ3n) is 5.49. The molecule has 8 heteroatoms. The number of nitrogens with two attached hydrogens (primary N) is 1. The second kappa shape index (κ2) is 6.24. The van der Waals surface area contributed by atoms with E-state index in [2.05, 4.69) is 0 Å². The van der Waals surface area contributed by atoms with Crippen LogP contribution < -0.4 is 10.2 Å². The van der Waals surface area contributed by atoms with Crippen molar-refractivity contribution in [3.63, 3.8) is 0 Å². The minimum Gasteiger partial charge on any atom is -0.464 e. The molecule has 2 N–H and O–H groups in total. The van der Waals surface area contributed by atoms with Crippen molar-refractivity contribution < 1.29 is 28.8 Å². The van der Waals surface area contributed by atoms with Crippen LogP contribution in [0.5, 0.6) is 0 Å². The van der Waals surface area contributed by atoms with E-state index in [0.29, 0.717) is 5.69 Å². The normalized spacial score (nSPS) is 29.9. The van der Waals surface area contributed by atoms with E-state index in [1.54, 1.807) is 12.2 Å². The van der Waals surface area contributed by atoms with Crippen molar-refractivity contribution in [1.29, 1.82) is 0 Å². The first-order valence-electron chi connectivity index (χ1n) is 8.49. The molecule has 140 valence electrons. The van der Waals surface area contributed by atoms with E-state index in [1.165, 1.54) is 42.7 Å². The minimum atomic E-state index is -1.21. The largest absolute Gasteiger partial charge is 0.464 e. The average Bonchev–Trinajstić information content (AvgIpc) is 3.34. The number of fused-ring (bicyclic) bond motifs is 1. The van der Waals surface area contributed by atoms with Crippen molar-refractivity contribution in [2.75, 3.05) is 12.0 Å². The Labute approximate surface area is 158 Å². The van der Waals surface area contributed by atoms with Gasteiger partial charge in [-0.05, 0) is 35.7 Å². The highest BCUT2D eigenvalue weighted by molar-refractivity contribution is 7.10. The summed E-state index contributed by atoms with van der Waals surface area (Å²) in [5.74, 6) is -3.38. The molecule has 0 spiro atoms. The topological polar surface area (TPSA) is 80.3 Å². The fourth-order valence-corrected chi connectivity index (χ4v) is 5.11. The fourth-order valence-electron chi connectivity index (χ4n) is 4.26. The Morgan fingerprint density at radius 2 is 1.93 bits per heavy atom. The number of imide groups is 1. The summed E-state index contributed by atoms with van der Waals surface area (Å²) in [7, 11) is 1.27. The van der Waals surface area contributed by atoms with Crippen LogP contribution in [0, 0.1) is 17.7 Å². The third-order valence-corrected chi connectivity index (χ3v) is 6.47. The molecule has 6 nitrogen and oxygen atoms in total. The lowest BCUT2D eigenvalue weighted by Crippen LogP contribution is -2.97. The molecular formula is C19H18FN2O4S+. The van der Waals surface area contributed by atoms with E-state index in [-0.39, 0.29) is 11.9 Å². The Kier molecular flexibility index (Phi) is 4.12. The van der Waals surface area contributed by atoms with Crippen LogP contribution >= 0.6 is 11.3 Å². The van der Waals surface area contributed by atoms with Crippen molar-refractivity contribution in [2.45, 2.75) is 18.5 Å². The number of amides is 2. The summed E-state index contributed by atoms with van der Waals surface area (Å²) in [6, 6.07) is 8.59. The van der Waals surface area contributed by atoms with Gasteiger partial charge >= 0.3 is 5.97 Å². The molecule has 0 saturated carbocycles. The van der Waals surface area contributed by atoms with Crippen LogP contribution in [0.25, 0.3) is 0 Å². The number of hydrogen-bond acceptors (Lipinski definition) is 5. The summed E-state index contributed by atoms with van der Waals surface area (Å²) in [4.78, 5) is 41.0. The first-order chi connectivity index (χ1) is 12.9. The maximum Gasteiger partial charge on any atom is 0.368 e. The van der Waals surface area contributed by atoms with Gasteiger partial charge in [0, 0.05) is 6.92 Å². The molecule has 1 aromatic carbocycles. The molecule has 2 amide bonds. The molecule has 0 bridgehead atoms. The molecule has 1 aromatic heterocycles. The smallest absolute Gasteiger partial charge is 0.368 e. The molecule has 2 saturated heterocycles. The first kappa shape index (κ1) is 17.8. The number of nitrogens with zero attached hydrogens (tertiary/aromatic N) is 1. The van der Waals surface area contributed by atoms with E-state index in [9.17, 15) is 18.8 Å². The number of carbonyl (C=O) groups excluding carboxylic acids is 3. The summed E-state index contributed by atoms with van der Waals surface area (Å²) in [6.07, 6.45) is 0. The number of benzene rings is 1. The third kappa shape index (κ3) is 2.51. The number of hydrogen-bond donors (Lipinski definition) is 1. The predicted molar refractivity (Wildman–Crippen MR) is 95.3 cm³/mol. The molecule has 27 heavy (non-hydrogen) atoms. The molecule has 2 aromatic rings. The monoisotopic (exact) mass is 389 g/mol. The van der Waals surface area contributed by atoms with Gasteiger partial charge in [0.25, 0.3) is 0 Å². The van der Waals surface area contributed by atoms with Gasteiger partial charge in [-0.1, -0.05) is 6.07 Å². The van der Waals surface area contributed by atoms with Crippen molar-refractivity contribution in [3.8, 4) is 0 Å². The van der Waals surface area contributed by atoms with Crippen LogP contribution in [0.15, 0.2) is 41.8 Å². The minimum absolute atomic E-state index is 0.304. The van der Waals surface area contributed by atoms with Gasteiger partial charge in [0.15, 0.2) is 0 Å². The van der Waals surface area contributed by atoms with Gasteiger partial charge in [0.05, 0.1) is 17.7 Å². The van der Waals surface area contributed by atoms with Crippen molar-refractivity contribution >= 4 is 34.8 Å². The standard InChI is InChI=1S/C19H17FN2O4S/c1-19(18(25)26-2)14-13(15(21-19)12-4-3-9-27-12)16(23)22(17(14)24)11-7-5-10(20)6-8-11/h3-9,13-15,21H,1-2H3/p+1/t13-,14+,15-,19+/m0/s1. The van der Waals surface area contributed by atoms with Gasteiger partial charge in [0.2, 0.25) is 17.4 Å². The highest BCUT2D eigenvalue weighted by atomic mass is 32.1. The Balaban J connectivity index is 1.81. The highest BCUT2D eigenvalue weighted by Gasteiger charge is 2.71. The van der Waals surface area contributed by atoms with Gasteiger partial charge in [-0.2, -0.15) is 0 Å². The van der Waals surface area contributed by atoms with E-state index in [4.69, 9.17) is 4.74 Å². The number of quaternary nitrogens is 1. The average molecular weight is 389 g/mol. The molecular weight excluding hydrogens is 371 g/mol. The number of rotatable bonds is 3. The van der Waals surface area contributed by atoms with Gasteiger partial charge in [0.1, 0.15) is 23.7 Å². The van der Waals surface area contributed by atoms with E-state index in [1.807, 2.05) is 17.5 Å². The molecule has 2 aliphatic heterocycles. The van der Waals surface area contributed by atoms with Crippen LogP contribution in [0.3, 0.4) is 0 Å². The van der Waals surface area contributed by atoms with Gasteiger partial charge in [-0.15, -0.1) is 11.3 Å². The predicted octanol–water partition coefficient (Wildman–Crippen LogP) is 1.24. The molecule has 2 fully saturated rings. The maximum absolute atomic E-state index is 13.3. The molecule has 4 rings (SSSR count). The van der Waals surface area contributed by atoms with Gasteiger partial charge < -0.3 is 10.1 Å². The summed E-state index contributed by atoms with van der Waals surface area (Å²) < 4.78 is 18.2. The molecule has 3 heterocycles.